The summed E-state index contributed by atoms with van der Waals surface area (Å²) in [6.45, 7) is 0.378. The molecule has 1 aromatic carbocycles. The quantitative estimate of drug-likeness (QED) is 0.490. The average Bonchev–Trinajstić information content (AvgIpc) is 2.27. The monoisotopic (exact) mass is 243 g/mol. The molecule has 2 N–H and O–H groups in total. The van der Waals surface area contributed by atoms with Crippen molar-refractivity contribution < 1.29 is 14.3 Å². The SMILES string of the molecule is COC(=O)CCCOc1c(N)cccc1Cl. The van der Waals surface area contributed by atoms with Gasteiger partial charge in [-0.1, -0.05) is 17.7 Å². The zero-order valence-corrected chi connectivity index (χ0v) is 9.79. The van der Waals surface area contributed by atoms with E-state index in [2.05, 4.69) is 4.74 Å². The lowest BCUT2D eigenvalue weighted by atomic mass is 10.3. The Morgan fingerprint density at radius 2 is 2.25 bits per heavy atom. The van der Waals surface area contributed by atoms with Crippen LogP contribution < -0.4 is 10.5 Å². The zero-order chi connectivity index (χ0) is 12.0. The van der Waals surface area contributed by atoms with Crippen LogP contribution in [0.1, 0.15) is 12.8 Å². The Labute approximate surface area is 99.3 Å². The fraction of sp³-hybridized carbons (Fsp3) is 0.364. The van der Waals surface area contributed by atoms with Crippen LogP contribution in [-0.2, 0) is 9.53 Å². The second kappa shape index (κ2) is 6.23. The smallest absolute Gasteiger partial charge is 0.305 e. The molecule has 0 atom stereocenters. The average molecular weight is 244 g/mol. The van der Waals surface area contributed by atoms with Crippen LogP contribution in [-0.4, -0.2) is 19.7 Å². The number of hydrogen-bond acceptors (Lipinski definition) is 4. The minimum Gasteiger partial charge on any atom is -0.490 e. The molecule has 0 aliphatic heterocycles. The summed E-state index contributed by atoms with van der Waals surface area (Å²) in [5.41, 5.74) is 6.18. The van der Waals surface area contributed by atoms with E-state index in [0.717, 1.165) is 0 Å². The second-order valence-corrected chi connectivity index (χ2v) is 3.59. The van der Waals surface area contributed by atoms with E-state index >= 15 is 0 Å². The summed E-state index contributed by atoms with van der Waals surface area (Å²) in [5, 5.41) is 0.470. The van der Waals surface area contributed by atoms with Gasteiger partial charge in [0.2, 0.25) is 0 Å². The van der Waals surface area contributed by atoms with Crippen LogP contribution >= 0.6 is 11.6 Å². The van der Waals surface area contributed by atoms with Gasteiger partial charge in [-0.3, -0.25) is 4.79 Å². The maximum atomic E-state index is 10.8. The van der Waals surface area contributed by atoms with Crippen LogP contribution in [0.25, 0.3) is 0 Å². The molecule has 0 heterocycles. The molecule has 0 aliphatic rings. The zero-order valence-electron chi connectivity index (χ0n) is 9.03. The summed E-state index contributed by atoms with van der Waals surface area (Å²) in [6.07, 6.45) is 0.887. The summed E-state index contributed by atoms with van der Waals surface area (Å²) < 4.78 is 9.90. The summed E-state index contributed by atoms with van der Waals surface area (Å²) >= 11 is 5.90. The summed E-state index contributed by atoms with van der Waals surface area (Å²) in [5.74, 6) is 0.213. The highest BCUT2D eigenvalue weighted by atomic mass is 35.5. The molecule has 0 amide bonds. The van der Waals surface area contributed by atoms with Gasteiger partial charge in [0, 0.05) is 6.42 Å². The molecule has 0 fully saturated rings. The van der Waals surface area contributed by atoms with Crippen LogP contribution in [0.5, 0.6) is 5.75 Å². The minimum atomic E-state index is -0.254. The van der Waals surface area contributed by atoms with Crippen LogP contribution in [0.3, 0.4) is 0 Å². The van der Waals surface area contributed by atoms with Crippen LogP contribution in [0.2, 0.25) is 5.02 Å². The number of ether oxygens (including phenoxy) is 2. The highest BCUT2D eigenvalue weighted by Crippen LogP contribution is 2.30. The molecule has 16 heavy (non-hydrogen) atoms. The lowest BCUT2D eigenvalue weighted by Gasteiger charge is -2.09. The third-order valence-corrected chi connectivity index (χ3v) is 2.29. The predicted octanol–water partition coefficient (Wildman–Crippen LogP) is 2.25. The van der Waals surface area contributed by atoms with Crippen molar-refractivity contribution in [3.05, 3.63) is 23.2 Å². The lowest BCUT2D eigenvalue weighted by molar-refractivity contribution is -0.140. The summed E-state index contributed by atoms with van der Waals surface area (Å²) in [6, 6.07) is 5.16. The van der Waals surface area contributed by atoms with Gasteiger partial charge in [0.1, 0.15) is 0 Å². The Hall–Kier alpha value is -1.42. The Bertz CT molecular complexity index is 348. The number of carbonyl (C=O) groups is 1. The van der Waals surface area contributed by atoms with Crippen molar-refractivity contribution in [3.8, 4) is 5.75 Å². The number of nitrogen functional groups attached to an aromatic ring is 1. The molecular weight excluding hydrogens is 230 g/mol. The van der Waals surface area contributed by atoms with Crippen molar-refractivity contribution in [3.63, 3.8) is 0 Å². The number of methoxy groups -OCH3 is 1. The van der Waals surface area contributed by atoms with Gasteiger partial charge in [-0.05, 0) is 18.6 Å². The first-order valence-corrected chi connectivity index (χ1v) is 5.26. The number of benzene rings is 1. The fourth-order valence-electron chi connectivity index (χ4n) is 1.17. The van der Waals surface area contributed by atoms with Gasteiger partial charge in [-0.15, -0.1) is 0 Å². The number of para-hydroxylation sites is 1. The fourth-order valence-corrected chi connectivity index (χ4v) is 1.41. The third kappa shape index (κ3) is 3.62. The highest BCUT2D eigenvalue weighted by Gasteiger charge is 2.06. The molecule has 0 bridgehead atoms. The molecule has 0 radical (unpaired) electrons. The van der Waals surface area contributed by atoms with E-state index in [9.17, 15) is 4.79 Å². The van der Waals surface area contributed by atoms with E-state index in [1.807, 2.05) is 0 Å². The molecule has 0 saturated heterocycles. The molecule has 0 aliphatic carbocycles. The van der Waals surface area contributed by atoms with E-state index in [0.29, 0.717) is 35.9 Å². The Morgan fingerprint density at radius 3 is 2.88 bits per heavy atom. The Kier molecular flexibility index (Phi) is 4.92. The van der Waals surface area contributed by atoms with Crippen molar-refractivity contribution in [2.24, 2.45) is 0 Å². The van der Waals surface area contributed by atoms with Gasteiger partial charge in [-0.2, -0.15) is 0 Å². The van der Waals surface area contributed by atoms with Gasteiger partial charge in [0.25, 0.3) is 0 Å². The molecular formula is C11H14ClNO3. The molecule has 0 aromatic heterocycles. The number of halogens is 1. The van der Waals surface area contributed by atoms with Crippen molar-refractivity contribution >= 4 is 23.3 Å². The normalized spacial score (nSPS) is 9.88. The molecule has 1 rings (SSSR count). The lowest BCUT2D eigenvalue weighted by Crippen LogP contribution is -2.05. The highest BCUT2D eigenvalue weighted by molar-refractivity contribution is 6.32. The van der Waals surface area contributed by atoms with Crippen LogP contribution in [0.15, 0.2) is 18.2 Å². The van der Waals surface area contributed by atoms with Crippen molar-refractivity contribution in [1.29, 1.82) is 0 Å². The van der Waals surface area contributed by atoms with Gasteiger partial charge in [-0.25, -0.2) is 0 Å². The molecule has 5 heteroatoms. The number of nitrogens with two attached hydrogens (primary N) is 1. The van der Waals surface area contributed by atoms with E-state index in [-0.39, 0.29) is 5.97 Å². The van der Waals surface area contributed by atoms with Crippen molar-refractivity contribution in [2.45, 2.75) is 12.8 Å². The van der Waals surface area contributed by atoms with E-state index in [4.69, 9.17) is 22.1 Å². The van der Waals surface area contributed by atoms with Gasteiger partial charge >= 0.3 is 5.97 Å². The second-order valence-electron chi connectivity index (χ2n) is 3.19. The minimum absolute atomic E-state index is 0.254. The molecule has 0 unspecified atom stereocenters. The van der Waals surface area contributed by atoms with E-state index in [1.54, 1.807) is 18.2 Å². The van der Waals surface area contributed by atoms with Gasteiger partial charge < -0.3 is 15.2 Å². The molecule has 0 saturated carbocycles. The molecule has 0 spiro atoms. The summed E-state index contributed by atoms with van der Waals surface area (Å²) in [4.78, 5) is 10.8. The number of rotatable bonds is 5. The number of esters is 1. The summed E-state index contributed by atoms with van der Waals surface area (Å²) in [7, 11) is 1.36. The maximum absolute atomic E-state index is 10.8. The van der Waals surface area contributed by atoms with E-state index < -0.39 is 0 Å². The molecule has 4 nitrogen and oxygen atoms in total. The van der Waals surface area contributed by atoms with Crippen LogP contribution in [0, 0.1) is 0 Å². The largest absolute Gasteiger partial charge is 0.490 e. The van der Waals surface area contributed by atoms with Gasteiger partial charge in [0.15, 0.2) is 5.75 Å². The number of hydrogen-bond donors (Lipinski definition) is 1. The van der Waals surface area contributed by atoms with Crippen molar-refractivity contribution in [1.82, 2.24) is 0 Å². The van der Waals surface area contributed by atoms with Crippen molar-refractivity contribution in [2.75, 3.05) is 19.5 Å². The number of carbonyl (C=O) groups excluding carboxylic acids is 1. The first kappa shape index (κ1) is 12.6. The topological polar surface area (TPSA) is 61.5 Å². The Balaban J connectivity index is 2.40. The molecule has 88 valence electrons. The van der Waals surface area contributed by atoms with Crippen LogP contribution in [0.4, 0.5) is 5.69 Å². The van der Waals surface area contributed by atoms with E-state index in [1.165, 1.54) is 7.11 Å². The standard InChI is InChI=1S/C11H14ClNO3/c1-15-10(14)6-3-7-16-11-8(12)4-2-5-9(11)13/h2,4-5H,3,6-7,13H2,1H3. The first-order valence-electron chi connectivity index (χ1n) is 4.88. The Morgan fingerprint density at radius 1 is 1.50 bits per heavy atom. The molecule has 1 aromatic rings. The number of anilines is 1. The van der Waals surface area contributed by atoms with Gasteiger partial charge in [0.05, 0.1) is 24.4 Å². The first-order chi connectivity index (χ1) is 7.65. The maximum Gasteiger partial charge on any atom is 0.305 e. The predicted molar refractivity (Wildman–Crippen MR) is 62.6 cm³/mol. The third-order valence-electron chi connectivity index (χ3n) is 2.00.